The summed E-state index contributed by atoms with van der Waals surface area (Å²) in [5, 5.41) is 6.29. The first-order valence-electron chi connectivity index (χ1n) is 7.44. The highest BCUT2D eigenvalue weighted by Crippen LogP contribution is 2.29. The van der Waals surface area contributed by atoms with E-state index in [0.29, 0.717) is 21.4 Å². The molecule has 0 bridgehead atoms. The molecule has 2 rings (SSSR count). The fourth-order valence-corrected chi connectivity index (χ4v) is 2.79. The molecule has 2 N–H and O–H groups in total. The van der Waals surface area contributed by atoms with Crippen molar-refractivity contribution in [1.29, 1.82) is 0 Å². The van der Waals surface area contributed by atoms with Gasteiger partial charge in [-0.3, -0.25) is 9.59 Å². The topological polar surface area (TPSA) is 80.3 Å². The first kappa shape index (κ1) is 17.9. The number of aromatic nitrogens is 1. The Kier molecular flexibility index (Phi) is 5.23. The highest BCUT2D eigenvalue weighted by atomic mass is 32.1. The van der Waals surface area contributed by atoms with Gasteiger partial charge >= 0.3 is 0 Å². The molecule has 128 valence electrons. The number of carbonyl (C=O) groups excluding carboxylic acids is 2. The Bertz CT molecular complexity index is 745. The van der Waals surface area contributed by atoms with Crippen molar-refractivity contribution >= 4 is 33.8 Å². The summed E-state index contributed by atoms with van der Waals surface area (Å²) in [6.45, 7) is 7.36. The number of rotatable bonds is 4. The lowest BCUT2D eigenvalue weighted by Crippen LogP contribution is -2.27. The van der Waals surface area contributed by atoms with Crippen LogP contribution in [0.4, 0.5) is 10.7 Å². The largest absolute Gasteiger partial charge is 0.481 e. The first-order chi connectivity index (χ1) is 11.2. The molecule has 0 aliphatic carbocycles. The summed E-state index contributed by atoms with van der Waals surface area (Å²) in [6.07, 6.45) is 1.53. The fraction of sp³-hybridized carbons (Fsp3) is 0.353. The number of ether oxygens (including phenoxy) is 1. The van der Waals surface area contributed by atoms with Gasteiger partial charge in [0.15, 0.2) is 0 Å². The van der Waals surface area contributed by atoms with Gasteiger partial charge in [-0.2, -0.15) is 0 Å². The second kappa shape index (κ2) is 7.00. The third-order valence-electron chi connectivity index (χ3n) is 3.25. The molecule has 0 unspecified atom stereocenters. The lowest BCUT2D eigenvalue weighted by molar-refractivity contribution is -0.123. The highest BCUT2D eigenvalue weighted by molar-refractivity contribution is 7.18. The average molecular weight is 347 g/mol. The number of pyridine rings is 1. The maximum absolute atomic E-state index is 12.4. The van der Waals surface area contributed by atoms with E-state index in [-0.39, 0.29) is 11.8 Å². The predicted molar refractivity (Wildman–Crippen MR) is 95.9 cm³/mol. The van der Waals surface area contributed by atoms with Crippen molar-refractivity contribution in [1.82, 2.24) is 4.98 Å². The second-order valence-electron chi connectivity index (χ2n) is 6.37. The van der Waals surface area contributed by atoms with E-state index in [0.717, 1.165) is 5.56 Å². The van der Waals surface area contributed by atoms with Crippen LogP contribution in [-0.2, 0) is 4.79 Å². The molecule has 0 spiro atoms. The molecule has 0 aliphatic rings. The average Bonchev–Trinajstić information content (AvgIpc) is 2.87. The van der Waals surface area contributed by atoms with E-state index in [1.54, 1.807) is 18.2 Å². The summed E-state index contributed by atoms with van der Waals surface area (Å²) in [4.78, 5) is 29.1. The van der Waals surface area contributed by atoms with E-state index >= 15 is 0 Å². The van der Waals surface area contributed by atoms with E-state index < -0.39 is 5.41 Å². The van der Waals surface area contributed by atoms with Crippen LogP contribution in [-0.4, -0.2) is 23.9 Å². The number of hydrogen-bond acceptors (Lipinski definition) is 5. The van der Waals surface area contributed by atoms with Gasteiger partial charge in [0.05, 0.1) is 28.9 Å². The maximum atomic E-state index is 12.4. The normalized spacial score (nSPS) is 11.0. The molecule has 2 aromatic rings. The number of methoxy groups -OCH3 is 1. The molecule has 7 heteroatoms. The van der Waals surface area contributed by atoms with Crippen LogP contribution < -0.4 is 15.4 Å². The molecule has 0 aliphatic heterocycles. The van der Waals surface area contributed by atoms with Gasteiger partial charge in [0, 0.05) is 11.5 Å². The van der Waals surface area contributed by atoms with Gasteiger partial charge in [-0.15, -0.1) is 11.3 Å². The molecule has 0 atom stereocenters. The minimum absolute atomic E-state index is 0.0879. The Morgan fingerprint density at radius 3 is 2.46 bits per heavy atom. The third-order valence-corrected chi connectivity index (χ3v) is 4.40. The summed E-state index contributed by atoms with van der Waals surface area (Å²) >= 11 is 1.25. The van der Waals surface area contributed by atoms with Crippen LogP contribution in [0.2, 0.25) is 0 Å². The summed E-state index contributed by atoms with van der Waals surface area (Å²) in [7, 11) is 1.53. The smallest absolute Gasteiger partial charge is 0.266 e. The van der Waals surface area contributed by atoms with Gasteiger partial charge in [0.2, 0.25) is 11.8 Å². The van der Waals surface area contributed by atoms with Crippen molar-refractivity contribution in [2.75, 3.05) is 17.7 Å². The van der Waals surface area contributed by atoms with Crippen LogP contribution in [0.15, 0.2) is 24.4 Å². The predicted octanol–water partition coefficient (Wildman–Crippen LogP) is 3.70. The van der Waals surface area contributed by atoms with Crippen molar-refractivity contribution in [3.8, 4) is 5.88 Å². The van der Waals surface area contributed by atoms with Gasteiger partial charge < -0.3 is 15.4 Å². The van der Waals surface area contributed by atoms with Crippen LogP contribution in [0.25, 0.3) is 0 Å². The van der Waals surface area contributed by atoms with E-state index in [1.807, 2.05) is 27.7 Å². The zero-order chi connectivity index (χ0) is 17.9. The molecule has 0 radical (unpaired) electrons. The first-order valence-corrected chi connectivity index (χ1v) is 8.25. The minimum atomic E-state index is -0.491. The maximum Gasteiger partial charge on any atom is 0.266 e. The SMILES string of the molecule is COc1ccc(NC(=O)c2sc(NC(=O)C(C)(C)C)cc2C)cn1. The molecule has 2 aromatic heterocycles. The van der Waals surface area contributed by atoms with Crippen LogP contribution in [0, 0.1) is 12.3 Å². The van der Waals surface area contributed by atoms with Crippen molar-refractivity contribution in [3.05, 3.63) is 34.8 Å². The Morgan fingerprint density at radius 1 is 1.21 bits per heavy atom. The lowest BCUT2D eigenvalue weighted by Gasteiger charge is -2.16. The quantitative estimate of drug-likeness (QED) is 0.884. The van der Waals surface area contributed by atoms with Gasteiger partial charge in [-0.25, -0.2) is 4.98 Å². The molecular weight excluding hydrogens is 326 g/mol. The number of nitrogens with zero attached hydrogens (tertiary/aromatic N) is 1. The molecule has 2 heterocycles. The summed E-state index contributed by atoms with van der Waals surface area (Å²) in [6, 6.07) is 5.19. The van der Waals surface area contributed by atoms with Crippen molar-refractivity contribution < 1.29 is 14.3 Å². The van der Waals surface area contributed by atoms with Gasteiger partial charge in [0.25, 0.3) is 5.91 Å². The van der Waals surface area contributed by atoms with Gasteiger partial charge in [0.1, 0.15) is 0 Å². The van der Waals surface area contributed by atoms with Gasteiger partial charge in [-0.05, 0) is 24.6 Å². The van der Waals surface area contributed by atoms with E-state index in [4.69, 9.17) is 4.74 Å². The third kappa shape index (κ3) is 4.32. The number of hydrogen-bond donors (Lipinski definition) is 2. The van der Waals surface area contributed by atoms with Crippen LogP contribution >= 0.6 is 11.3 Å². The van der Waals surface area contributed by atoms with Crippen LogP contribution in [0.1, 0.15) is 36.0 Å². The molecule has 2 amide bonds. The van der Waals surface area contributed by atoms with Crippen molar-refractivity contribution in [2.24, 2.45) is 5.41 Å². The molecular formula is C17H21N3O3S. The lowest BCUT2D eigenvalue weighted by atomic mass is 9.96. The van der Waals surface area contributed by atoms with Crippen molar-refractivity contribution in [3.63, 3.8) is 0 Å². The van der Waals surface area contributed by atoms with E-state index in [9.17, 15) is 9.59 Å². The Labute approximate surface area is 145 Å². The summed E-state index contributed by atoms with van der Waals surface area (Å²) in [5.41, 5.74) is 0.895. The summed E-state index contributed by atoms with van der Waals surface area (Å²) < 4.78 is 4.98. The summed E-state index contributed by atoms with van der Waals surface area (Å²) in [5.74, 6) is 0.156. The zero-order valence-corrected chi connectivity index (χ0v) is 15.2. The monoisotopic (exact) mass is 347 g/mol. The molecule has 0 aromatic carbocycles. The standard InChI is InChI=1S/C17H21N3O3S/c1-10-8-13(20-16(22)17(2,3)4)24-14(10)15(21)19-11-6-7-12(23-5)18-9-11/h6-9H,1-5H3,(H,19,21)(H,20,22). The van der Waals surface area contributed by atoms with Crippen molar-refractivity contribution in [2.45, 2.75) is 27.7 Å². The van der Waals surface area contributed by atoms with E-state index in [1.165, 1.54) is 24.6 Å². The zero-order valence-electron chi connectivity index (χ0n) is 14.4. The Balaban J connectivity index is 2.10. The van der Waals surface area contributed by atoms with Crippen LogP contribution in [0.5, 0.6) is 5.88 Å². The fourth-order valence-electron chi connectivity index (χ4n) is 1.83. The number of aryl methyl sites for hydroxylation is 1. The van der Waals surface area contributed by atoms with E-state index in [2.05, 4.69) is 15.6 Å². The molecule has 0 saturated carbocycles. The second-order valence-corrected chi connectivity index (χ2v) is 7.42. The molecule has 6 nitrogen and oxygen atoms in total. The van der Waals surface area contributed by atoms with Gasteiger partial charge in [-0.1, -0.05) is 20.8 Å². The Hall–Kier alpha value is -2.41. The highest BCUT2D eigenvalue weighted by Gasteiger charge is 2.23. The number of nitrogens with one attached hydrogen (secondary N) is 2. The Morgan fingerprint density at radius 2 is 1.92 bits per heavy atom. The molecule has 24 heavy (non-hydrogen) atoms. The molecule has 0 fully saturated rings. The number of thiophene rings is 1. The number of carbonyl (C=O) groups is 2. The molecule has 0 saturated heterocycles. The van der Waals surface area contributed by atoms with Crippen LogP contribution in [0.3, 0.4) is 0 Å². The number of anilines is 2. The number of amides is 2. The minimum Gasteiger partial charge on any atom is -0.481 e.